The van der Waals surface area contributed by atoms with Crippen LogP contribution in [0.4, 0.5) is 5.13 Å². The van der Waals surface area contributed by atoms with E-state index in [0.29, 0.717) is 10.7 Å². The summed E-state index contributed by atoms with van der Waals surface area (Å²) in [6.45, 7) is 0. The fourth-order valence-electron chi connectivity index (χ4n) is 1.74. The zero-order valence-corrected chi connectivity index (χ0v) is 13.1. The molecule has 0 unspecified atom stereocenters. The fraction of sp³-hybridized carbons (Fsp3) is 0. The van der Waals surface area contributed by atoms with Gasteiger partial charge in [0.05, 0.1) is 10.2 Å². The first-order valence-electron chi connectivity index (χ1n) is 5.78. The summed E-state index contributed by atoms with van der Waals surface area (Å²) in [5, 5.41) is 12.7. The van der Waals surface area contributed by atoms with E-state index in [-0.39, 0.29) is 11.7 Å². The Bertz CT molecular complexity index is 783. The SMILES string of the molecule is O=C(Nc1nc2ccc(O)cc2s1)c1ccc(I)cc1. The number of thiazole rings is 1. The van der Waals surface area contributed by atoms with Crippen LogP contribution in [0.15, 0.2) is 42.5 Å². The zero-order chi connectivity index (χ0) is 14.1. The van der Waals surface area contributed by atoms with Crippen LogP contribution in [0.2, 0.25) is 0 Å². The highest BCUT2D eigenvalue weighted by molar-refractivity contribution is 14.1. The molecule has 1 aromatic heterocycles. The molecule has 4 nitrogen and oxygen atoms in total. The largest absolute Gasteiger partial charge is 0.508 e. The highest BCUT2D eigenvalue weighted by Crippen LogP contribution is 2.28. The molecule has 2 aromatic carbocycles. The van der Waals surface area contributed by atoms with Crippen molar-refractivity contribution < 1.29 is 9.90 Å². The number of anilines is 1. The third-order valence-corrected chi connectivity index (χ3v) is 4.35. The molecule has 0 spiro atoms. The summed E-state index contributed by atoms with van der Waals surface area (Å²) in [6.07, 6.45) is 0. The average molecular weight is 396 g/mol. The molecule has 0 fully saturated rings. The van der Waals surface area contributed by atoms with Gasteiger partial charge in [0.1, 0.15) is 5.75 Å². The molecule has 100 valence electrons. The van der Waals surface area contributed by atoms with Gasteiger partial charge in [-0.3, -0.25) is 10.1 Å². The van der Waals surface area contributed by atoms with Gasteiger partial charge in [-0.2, -0.15) is 0 Å². The minimum Gasteiger partial charge on any atom is -0.508 e. The molecule has 0 aliphatic heterocycles. The lowest BCUT2D eigenvalue weighted by atomic mass is 10.2. The number of nitrogens with zero attached hydrogens (tertiary/aromatic N) is 1. The smallest absolute Gasteiger partial charge is 0.257 e. The number of phenols is 1. The van der Waals surface area contributed by atoms with E-state index in [1.165, 1.54) is 11.3 Å². The Morgan fingerprint density at radius 2 is 1.95 bits per heavy atom. The van der Waals surface area contributed by atoms with Gasteiger partial charge in [0, 0.05) is 9.13 Å². The van der Waals surface area contributed by atoms with Crippen LogP contribution < -0.4 is 5.32 Å². The number of halogens is 1. The number of amides is 1. The molecule has 6 heteroatoms. The van der Waals surface area contributed by atoms with Crippen LogP contribution in [-0.4, -0.2) is 16.0 Å². The van der Waals surface area contributed by atoms with Crippen LogP contribution in [0, 0.1) is 3.57 Å². The van der Waals surface area contributed by atoms with Crippen LogP contribution >= 0.6 is 33.9 Å². The average Bonchev–Trinajstić information content (AvgIpc) is 2.80. The van der Waals surface area contributed by atoms with Crippen molar-refractivity contribution in [1.82, 2.24) is 4.98 Å². The maximum absolute atomic E-state index is 12.1. The van der Waals surface area contributed by atoms with E-state index in [4.69, 9.17) is 0 Å². The molecule has 0 saturated carbocycles. The van der Waals surface area contributed by atoms with Gasteiger partial charge in [-0.15, -0.1) is 0 Å². The van der Waals surface area contributed by atoms with E-state index in [9.17, 15) is 9.90 Å². The van der Waals surface area contributed by atoms with Gasteiger partial charge in [0.2, 0.25) is 0 Å². The van der Waals surface area contributed by atoms with E-state index in [1.54, 1.807) is 30.3 Å². The van der Waals surface area contributed by atoms with Crippen LogP contribution in [0.3, 0.4) is 0 Å². The number of carbonyl (C=O) groups excluding carboxylic acids is 1. The van der Waals surface area contributed by atoms with Gasteiger partial charge in [-0.05, 0) is 65.1 Å². The Kier molecular flexibility index (Phi) is 3.58. The predicted octanol–water partition coefficient (Wildman–Crippen LogP) is 3.86. The van der Waals surface area contributed by atoms with E-state index < -0.39 is 0 Å². The summed E-state index contributed by atoms with van der Waals surface area (Å²) in [5.74, 6) is 0.00124. The fourth-order valence-corrected chi connectivity index (χ4v) is 2.99. The van der Waals surface area contributed by atoms with E-state index >= 15 is 0 Å². The van der Waals surface area contributed by atoms with Gasteiger partial charge >= 0.3 is 0 Å². The van der Waals surface area contributed by atoms with Crippen molar-refractivity contribution in [2.75, 3.05) is 5.32 Å². The lowest BCUT2D eigenvalue weighted by molar-refractivity contribution is 0.102. The Hall–Kier alpha value is -1.67. The summed E-state index contributed by atoms with van der Waals surface area (Å²) in [6, 6.07) is 12.2. The normalized spacial score (nSPS) is 10.7. The van der Waals surface area contributed by atoms with Gasteiger partial charge in [-0.25, -0.2) is 4.98 Å². The monoisotopic (exact) mass is 396 g/mol. The second kappa shape index (κ2) is 5.37. The lowest BCUT2D eigenvalue weighted by Crippen LogP contribution is -2.11. The number of benzene rings is 2. The number of phenolic OH excluding ortho intramolecular Hbond substituents is 1. The third-order valence-electron chi connectivity index (χ3n) is 2.70. The van der Waals surface area contributed by atoms with Crippen molar-refractivity contribution in [3.8, 4) is 5.75 Å². The van der Waals surface area contributed by atoms with Gasteiger partial charge < -0.3 is 5.11 Å². The minimum atomic E-state index is -0.190. The summed E-state index contributed by atoms with van der Waals surface area (Å²) < 4.78 is 1.91. The molecular formula is C14H9IN2O2S. The highest BCUT2D eigenvalue weighted by Gasteiger charge is 2.10. The lowest BCUT2D eigenvalue weighted by Gasteiger charge is -2.01. The molecule has 0 bridgehead atoms. The molecule has 0 radical (unpaired) electrons. The van der Waals surface area contributed by atoms with Crippen molar-refractivity contribution in [3.63, 3.8) is 0 Å². The number of aromatic nitrogens is 1. The number of rotatable bonds is 2. The molecule has 3 rings (SSSR count). The molecular weight excluding hydrogens is 387 g/mol. The van der Waals surface area contributed by atoms with Crippen molar-refractivity contribution >= 4 is 55.2 Å². The zero-order valence-electron chi connectivity index (χ0n) is 10.1. The van der Waals surface area contributed by atoms with E-state index in [2.05, 4.69) is 32.9 Å². The summed E-state index contributed by atoms with van der Waals surface area (Å²) >= 11 is 3.52. The van der Waals surface area contributed by atoms with Crippen molar-refractivity contribution in [3.05, 3.63) is 51.6 Å². The summed E-state index contributed by atoms with van der Waals surface area (Å²) in [5.41, 5.74) is 1.35. The number of nitrogens with one attached hydrogen (secondary N) is 1. The maximum atomic E-state index is 12.1. The Morgan fingerprint density at radius 1 is 1.20 bits per heavy atom. The highest BCUT2D eigenvalue weighted by atomic mass is 127. The van der Waals surface area contributed by atoms with Crippen LogP contribution in [0.1, 0.15) is 10.4 Å². The second-order valence-electron chi connectivity index (χ2n) is 4.13. The van der Waals surface area contributed by atoms with Crippen molar-refractivity contribution in [1.29, 1.82) is 0 Å². The van der Waals surface area contributed by atoms with Crippen LogP contribution in [0.5, 0.6) is 5.75 Å². The van der Waals surface area contributed by atoms with Gasteiger partial charge in [0.25, 0.3) is 5.91 Å². The van der Waals surface area contributed by atoms with Crippen LogP contribution in [0.25, 0.3) is 10.2 Å². The molecule has 0 aliphatic carbocycles. The van der Waals surface area contributed by atoms with E-state index in [0.717, 1.165) is 13.8 Å². The number of hydrogen-bond acceptors (Lipinski definition) is 4. The number of carbonyl (C=O) groups is 1. The molecule has 1 amide bonds. The number of fused-ring (bicyclic) bond motifs is 1. The molecule has 2 N–H and O–H groups in total. The molecule has 20 heavy (non-hydrogen) atoms. The maximum Gasteiger partial charge on any atom is 0.257 e. The minimum absolute atomic E-state index is 0.190. The molecule has 1 heterocycles. The standard InChI is InChI=1S/C14H9IN2O2S/c15-9-3-1-8(2-4-9)13(19)17-14-16-11-6-5-10(18)7-12(11)20-14/h1-7,18H,(H,16,17,19). The topological polar surface area (TPSA) is 62.2 Å². The first-order valence-corrected chi connectivity index (χ1v) is 7.68. The van der Waals surface area contributed by atoms with E-state index in [1.807, 2.05) is 12.1 Å². The summed E-state index contributed by atoms with van der Waals surface area (Å²) in [7, 11) is 0. The number of aromatic hydroxyl groups is 1. The summed E-state index contributed by atoms with van der Waals surface area (Å²) in [4.78, 5) is 16.4. The first-order chi connectivity index (χ1) is 9.61. The quantitative estimate of drug-likeness (QED) is 0.647. The predicted molar refractivity (Wildman–Crippen MR) is 88.4 cm³/mol. The van der Waals surface area contributed by atoms with Gasteiger partial charge in [-0.1, -0.05) is 11.3 Å². The van der Waals surface area contributed by atoms with Crippen molar-refractivity contribution in [2.45, 2.75) is 0 Å². The molecule has 0 saturated heterocycles. The molecule has 0 aliphatic rings. The van der Waals surface area contributed by atoms with Crippen molar-refractivity contribution in [2.24, 2.45) is 0 Å². The third kappa shape index (κ3) is 2.75. The van der Waals surface area contributed by atoms with Crippen LogP contribution in [-0.2, 0) is 0 Å². The Morgan fingerprint density at radius 3 is 2.70 bits per heavy atom. The first kappa shape index (κ1) is 13.3. The molecule has 3 aromatic rings. The Labute approximate surface area is 132 Å². The van der Waals surface area contributed by atoms with Gasteiger partial charge in [0.15, 0.2) is 5.13 Å². The Balaban J connectivity index is 1.85. The second-order valence-corrected chi connectivity index (χ2v) is 6.41. The number of hydrogen-bond donors (Lipinski definition) is 2. The molecule has 0 atom stereocenters.